The zero-order valence-corrected chi connectivity index (χ0v) is 7.14. The molecule has 0 fully saturated rings. The first-order valence-corrected chi connectivity index (χ1v) is 3.80. The molecule has 7 nitrogen and oxygen atoms in total. The monoisotopic (exact) mass is 186 g/mol. The van der Waals surface area contributed by atoms with Crippen LogP contribution in [0.25, 0.3) is 0 Å². The molecule has 0 spiro atoms. The third-order valence-corrected chi connectivity index (χ3v) is 1.80. The second-order valence-corrected chi connectivity index (χ2v) is 2.67. The second kappa shape index (κ2) is 3.60. The fourth-order valence-electron chi connectivity index (χ4n) is 1.09. The van der Waals surface area contributed by atoms with Crippen molar-refractivity contribution >= 4 is 5.84 Å². The zero-order valence-electron chi connectivity index (χ0n) is 7.14. The van der Waals surface area contributed by atoms with E-state index < -0.39 is 6.29 Å². The van der Waals surface area contributed by atoms with E-state index >= 15 is 0 Å². The normalized spacial score (nSPS) is 23.5. The maximum Gasteiger partial charge on any atom is 0.189 e. The topological polar surface area (TPSA) is 140 Å². The van der Waals surface area contributed by atoms with E-state index in [1.54, 1.807) is 0 Å². The largest absolute Gasteiger partial charge is 0.396 e. The number of aliphatic hydroxyl groups excluding tert-OH is 1. The van der Waals surface area contributed by atoms with Crippen LogP contribution in [0.4, 0.5) is 0 Å². The molecule has 0 aromatic rings. The molecule has 0 aromatic heterocycles. The predicted octanol–water partition coefficient (Wildman–Crippen LogP) is -2.67. The number of hydrazine groups is 1. The summed E-state index contributed by atoms with van der Waals surface area (Å²) in [5.41, 5.74) is 17.4. The van der Waals surface area contributed by atoms with Crippen LogP contribution < -0.4 is 23.0 Å². The average molecular weight is 186 g/mol. The summed E-state index contributed by atoms with van der Waals surface area (Å²) in [6.07, 6.45) is -0.416. The standard InChI is InChI=1S/C6H14N6O/c7-4-3(1-2-13)12(10)6(9)11-5(4)8/h6,13H,1-2,7,9-10H2,(H2,8,11). The highest BCUT2D eigenvalue weighted by molar-refractivity contribution is 5.97. The van der Waals surface area contributed by atoms with E-state index in [0.29, 0.717) is 12.1 Å². The maximum absolute atomic E-state index is 8.73. The van der Waals surface area contributed by atoms with Crippen LogP contribution in [0.15, 0.2) is 16.4 Å². The zero-order chi connectivity index (χ0) is 10.0. The van der Waals surface area contributed by atoms with Crippen LogP contribution in [0.1, 0.15) is 6.42 Å². The van der Waals surface area contributed by atoms with E-state index in [1.807, 2.05) is 0 Å². The summed E-state index contributed by atoms with van der Waals surface area (Å²) in [6.45, 7) is -0.0657. The van der Waals surface area contributed by atoms with Crippen molar-refractivity contribution in [3.63, 3.8) is 0 Å². The Bertz CT molecular complexity index is 260. The number of rotatable bonds is 2. The van der Waals surface area contributed by atoms with Gasteiger partial charge in [0.15, 0.2) is 6.29 Å². The molecule has 0 aliphatic carbocycles. The van der Waals surface area contributed by atoms with E-state index in [2.05, 4.69) is 4.99 Å². The molecule has 1 rings (SSSR count). The molecule has 0 aromatic carbocycles. The van der Waals surface area contributed by atoms with E-state index in [0.717, 1.165) is 0 Å². The summed E-state index contributed by atoms with van der Waals surface area (Å²) < 4.78 is 0. The van der Waals surface area contributed by atoms with E-state index in [-0.39, 0.29) is 18.1 Å². The SMILES string of the molecule is NC1=NC(N)N(N)C(CCO)=C1N. The van der Waals surface area contributed by atoms with Crippen LogP contribution in [0, 0.1) is 0 Å². The molecule has 1 unspecified atom stereocenters. The predicted molar refractivity (Wildman–Crippen MR) is 48.5 cm³/mol. The van der Waals surface area contributed by atoms with Gasteiger partial charge >= 0.3 is 0 Å². The molecule has 1 aliphatic rings. The lowest BCUT2D eigenvalue weighted by molar-refractivity contribution is 0.227. The van der Waals surface area contributed by atoms with Crippen molar-refractivity contribution in [2.24, 2.45) is 28.0 Å². The molecule has 0 saturated heterocycles. The molecule has 1 aliphatic heterocycles. The lowest BCUT2D eigenvalue weighted by Gasteiger charge is -2.30. The van der Waals surface area contributed by atoms with Crippen LogP contribution in [-0.4, -0.2) is 28.8 Å². The Labute approximate surface area is 75.6 Å². The fraction of sp³-hybridized carbons (Fsp3) is 0.500. The quantitative estimate of drug-likeness (QED) is 0.298. The Hall–Kier alpha value is -1.31. The number of aliphatic imine (C=N–C) groups is 1. The van der Waals surface area contributed by atoms with Gasteiger partial charge in [0.2, 0.25) is 0 Å². The van der Waals surface area contributed by atoms with Crippen LogP contribution in [0.3, 0.4) is 0 Å². The minimum absolute atomic E-state index is 0.0657. The minimum Gasteiger partial charge on any atom is -0.396 e. The van der Waals surface area contributed by atoms with Gasteiger partial charge in [-0.25, -0.2) is 10.8 Å². The van der Waals surface area contributed by atoms with E-state index in [9.17, 15) is 0 Å². The number of nitrogens with zero attached hydrogens (tertiary/aromatic N) is 2. The Morgan fingerprint density at radius 2 is 2.08 bits per heavy atom. The van der Waals surface area contributed by atoms with Crippen LogP contribution in [0.5, 0.6) is 0 Å². The number of hydrogen-bond acceptors (Lipinski definition) is 7. The van der Waals surface area contributed by atoms with Crippen molar-refractivity contribution in [2.45, 2.75) is 12.7 Å². The van der Waals surface area contributed by atoms with E-state index in [4.69, 9.17) is 28.2 Å². The van der Waals surface area contributed by atoms with Crippen molar-refractivity contribution in [1.82, 2.24) is 5.01 Å². The highest BCUT2D eigenvalue weighted by Gasteiger charge is 2.22. The molecule has 0 amide bonds. The van der Waals surface area contributed by atoms with Crippen molar-refractivity contribution in [2.75, 3.05) is 6.61 Å². The lowest BCUT2D eigenvalue weighted by Crippen LogP contribution is -2.51. The number of aliphatic hydroxyl groups is 1. The molecule has 0 saturated carbocycles. The molecule has 1 atom stereocenters. The third kappa shape index (κ3) is 1.72. The molecule has 0 bridgehead atoms. The fourth-order valence-corrected chi connectivity index (χ4v) is 1.09. The van der Waals surface area contributed by atoms with Gasteiger partial charge in [-0.05, 0) is 0 Å². The average Bonchev–Trinajstić information content (AvgIpc) is 2.09. The van der Waals surface area contributed by atoms with E-state index in [1.165, 1.54) is 5.01 Å². The van der Waals surface area contributed by atoms with Gasteiger partial charge in [0.05, 0.1) is 11.4 Å². The first-order valence-electron chi connectivity index (χ1n) is 3.80. The molecule has 74 valence electrons. The first-order chi connectivity index (χ1) is 6.07. The van der Waals surface area contributed by atoms with Gasteiger partial charge in [-0.1, -0.05) is 0 Å². The molecule has 7 heteroatoms. The second-order valence-electron chi connectivity index (χ2n) is 2.67. The van der Waals surface area contributed by atoms with Gasteiger partial charge in [0.25, 0.3) is 0 Å². The summed E-state index contributed by atoms with van der Waals surface area (Å²) in [7, 11) is 0. The van der Waals surface area contributed by atoms with Gasteiger partial charge in [0, 0.05) is 13.0 Å². The van der Waals surface area contributed by atoms with Gasteiger partial charge in [-0.2, -0.15) is 0 Å². The van der Waals surface area contributed by atoms with Gasteiger partial charge < -0.3 is 16.6 Å². The van der Waals surface area contributed by atoms with Gasteiger partial charge in [-0.3, -0.25) is 10.7 Å². The first kappa shape index (κ1) is 9.78. The lowest BCUT2D eigenvalue weighted by atomic mass is 10.2. The molecule has 13 heavy (non-hydrogen) atoms. The highest BCUT2D eigenvalue weighted by atomic mass is 16.3. The summed E-state index contributed by atoms with van der Waals surface area (Å²) >= 11 is 0. The Kier molecular flexibility index (Phi) is 2.71. The number of nitrogens with two attached hydrogens (primary N) is 4. The van der Waals surface area contributed by atoms with Crippen molar-refractivity contribution in [3.05, 3.63) is 11.4 Å². The summed E-state index contributed by atoms with van der Waals surface area (Å²) in [6, 6.07) is 0. The summed E-state index contributed by atoms with van der Waals surface area (Å²) in [5, 5.41) is 9.93. The van der Waals surface area contributed by atoms with Crippen molar-refractivity contribution in [3.8, 4) is 0 Å². The van der Waals surface area contributed by atoms with Crippen LogP contribution in [-0.2, 0) is 0 Å². The summed E-state index contributed by atoms with van der Waals surface area (Å²) in [5.74, 6) is 5.72. The van der Waals surface area contributed by atoms with Gasteiger partial charge in [-0.15, -0.1) is 0 Å². The molecular formula is C6H14N6O. The van der Waals surface area contributed by atoms with Crippen molar-refractivity contribution in [1.29, 1.82) is 0 Å². The van der Waals surface area contributed by atoms with Gasteiger partial charge in [0.1, 0.15) is 5.84 Å². The highest BCUT2D eigenvalue weighted by Crippen LogP contribution is 2.14. The molecular weight excluding hydrogens is 172 g/mol. The Balaban J connectivity index is 2.96. The maximum atomic E-state index is 8.73. The molecule has 9 N–H and O–H groups in total. The number of hydrogen-bond donors (Lipinski definition) is 5. The Morgan fingerprint density at radius 1 is 1.46 bits per heavy atom. The minimum atomic E-state index is -0.728. The van der Waals surface area contributed by atoms with Crippen LogP contribution in [0.2, 0.25) is 0 Å². The summed E-state index contributed by atoms with van der Waals surface area (Å²) in [4.78, 5) is 3.79. The molecule has 1 heterocycles. The number of amidine groups is 1. The Morgan fingerprint density at radius 3 is 2.62 bits per heavy atom. The smallest absolute Gasteiger partial charge is 0.189 e. The van der Waals surface area contributed by atoms with Crippen LogP contribution >= 0.6 is 0 Å². The third-order valence-electron chi connectivity index (χ3n) is 1.80. The molecule has 0 radical (unpaired) electrons. The van der Waals surface area contributed by atoms with Crippen molar-refractivity contribution < 1.29 is 5.11 Å².